The molecule has 1 heterocycles. The molecule has 2 rings (SSSR count). The number of hydrogen-bond donors (Lipinski definition) is 0. The van der Waals surface area contributed by atoms with E-state index in [0.717, 1.165) is 6.54 Å². The lowest BCUT2D eigenvalue weighted by molar-refractivity contribution is 0.868. The molecular formula is C10H12BrN. The van der Waals surface area contributed by atoms with Crippen LogP contribution in [0.5, 0.6) is 0 Å². The molecule has 1 aromatic carbocycles. The average Bonchev–Trinajstić information content (AvgIpc) is 2.46. The Morgan fingerprint density at radius 2 is 2.33 bits per heavy atom. The molecule has 12 heavy (non-hydrogen) atoms. The Kier molecular flexibility index (Phi) is 2.09. The Hall–Kier alpha value is -0.500. The third-order valence-corrected chi connectivity index (χ3v) is 2.91. The van der Waals surface area contributed by atoms with Gasteiger partial charge in [0.1, 0.15) is 0 Å². The number of benzene rings is 1. The maximum absolute atomic E-state index is 3.49. The van der Waals surface area contributed by atoms with Gasteiger partial charge in [-0.2, -0.15) is 0 Å². The molecule has 0 bridgehead atoms. The van der Waals surface area contributed by atoms with E-state index in [-0.39, 0.29) is 0 Å². The summed E-state index contributed by atoms with van der Waals surface area (Å²) in [6.07, 6.45) is 1.20. The third kappa shape index (κ3) is 1.24. The predicted molar refractivity (Wildman–Crippen MR) is 55.7 cm³/mol. The Morgan fingerprint density at radius 1 is 1.50 bits per heavy atom. The summed E-state index contributed by atoms with van der Waals surface area (Å²) >= 11 is 3.49. The van der Waals surface area contributed by atoms with Crippen LogP contribution in [-0.2, 0) is 6.42 Å². The van der Waals surface area contributed by atoms with Crippen molar-refractivity contribution in [3.8, 4) is 0 Å². The monoisotopic (exact) mass is 225 g/mol. The van der Waals surface area contributed by atoms with Gasteiger partial charge in [-0.15, -0.1) is 0 Å². The van der Waals surface area contributed by atoms with E-state index in [1.807, 2.05) is 0 Å². The standard InChI is InChI=1S/C10H12BrN/c1-2-12-6-5-8-3-4-9(11)7-10(8)12/h3-4,7H,2,5-6H2,1H3. The summed E-state index contributed by atoms with van der Waals surface area (Å²) in [6.45, 7) is 4.50. The second-order valence-corrected chi connectivity index (χ2v) is 4.02. The summed E-state index contributed by atoms with van der Waals surface area (Å²) in [5.74, 6) is 0. The van der Waals surface area contributed by atoms with E-state index in [2.05, 4.69) is 46.0 Å². The number of halogens is 1. The van der Waals surface area contributed by atoms with Crippen LogP contribution in [0.15, 0.2) is 22.7 Å². The van der Waals surface area contributed by atoms with Gasteiger partial charge in [-0.05, 0) is 31.0 Å². The normalized spacial score (nSPS) is 15.0. The van der Waals surface area contributed by atoms with E-state index in [4.69, 9.17) is 0 Å². The zero-order valence-electron chi connectivity index (χ0n) is 7.18. The fourth-order valence-electron chi connectivity index (χ4n) is 1.75. The van der Waals surface area contributed by atoms with E-state index in [1.54, 1.807) is 0 Å². The second-order valence-electron chi connectivity index (χ2n) is 3.10. The summed E-state index contributed by atoms with van der Waals surface area (Å²) in [5, 5.41) is 0. The van der Waals surface area contributed by atoms with E-state index in [1.165, 1.54) is 28.7 Å². The minimum absolute atomic E-state index is 1.11. The summed E-state index contributed by atoms with van der Waals surface area (Å²) < 4.78 is 1.18. The number of hydrogen-bond acceptors (Lipinski definition) is 1. The van der Waals surface area contributed by atoms with Crippen LogP contribution in [0.1, 0.15) is 12.5 Å². The summed E-state index contributed by atoms with van der Waals surface area (Å²) in [7, 11) is 0. The molecule has 0 saturated heterocycles. The van der Waals surface area contributed by atoms with Crippen LogP contribution >= 0.6 is 15.9 Å². The molecule has 0 unspecified atom stereocenters. The number of likely N-dealkylation sites (N-methyl/N-ethyl adjacent to an activating group) is 1. The lowest BCUT2D eigenvalue weighted by atomic mass is 10.2. The minimum Gasteiger partial charge on any atom is -0.371 e. The van der Waals surface area contributed by atoms with Gasteiger partial charge in [0.15, 0.2) is 0 Å². The van der Waals surface area contributed by atoms with E-state index in [0.29, 0.717) is 0 Å². The first-order valence-electron chi connectivity index (χ1n) is 4.34. The van der Waals surface area contributed by atoms with Gasteiger partial charge in [0.05, 0.1) is 0 Å². The van der Waals surface area contributed by atoms with Crippen molar-refractivity contribution in [3.05, 3.63) is 28.2 Å². The van der Waals surface area contributed by atoms with Crippen LogP contribution in [0.3, 0.4) is 0 Å². The van der Waals surface area contributed by atoms with Gasteiger partial charge in [-0.25, -0.2) is 0 Å². The number of nitrogens with zero attached hydrogens (tertiary/aromatic N) is 1. The van der Waals surface area contributed by atoms with Crippen molar-refractivity contribution >= 4 is 21.6 Å². The van der Waals surface area contributed by atoms with Crippen molar-refractivity contribution in [2.24, 2.45) is 0 Å². The number of fused-ring (bicyclic) bond motifs is 1. The Balaban J connectivity index is 2.42. The highest BCUT2D eigenvalue weighted by Crippen LogP contribution is 2.30. The van der Waals surface area contributed by atoms with Gasteiger partial charge in [0.2, 0.25) is 0 Å². The van der Waals surface area contributed by atoms with Crippen LogP contribution in [0.4, 0.5) is 5.69 Å². The molecule has 0 amide bonds. The Morgan fingerprint density at radius 3 is 3.08 bits per heavy atom. The van der Waals surface area contributed by atoms with Crippen LogP contribution in [0.25, 0.3) is 0 Å². The van der Waals surface area contributed by atoms with Crippen molar-refractivity contribution in [2.75, 3.05) is 18.0 Å². The SMILES string of the molecule is CCN1CCc2ccc(Br)cc21. The molecule has 1 nitrogen and oxygen atoms in total. The highest BCUT2D eigenvalue weighted by atomic mass is 79.9. The molecule has 1 aliphatic heterocycles. The molecule has 0 radical (unpaired) electrons. The van der Waals surface area contributed by atoms with Crippen LogP contribution in [0, 0.1) is 0 Å². The van der Waals surface area contributed by atoms with Crippen molar-refractivity contribution < 1.29 is 0 Å². The summed E-state index contributed by atoms with van der Waals surface area (Å²) in [4.78, 5) is 2.42. The average molecular weight is 226 g/mol. The molecule has 0 aromatic heterocycles. The largest absolute Gasteiger partial charge is 0.371 e. The Labute approximate surface area is 81.5 Å². The summed E-state index contributed by atoms with van der Waals surface area (Å²) in [6, 6.07) is 6.55. The van der Waals surface area contributed by atoms with Crippen LogP contribution < -0.4 is 4.90 Å². The fourth-order valence-corrected chi connectivity index (χ4v) is 2.10. The number of anilines is 1. The van der Waals surface area contributed by atoms with Crippen molar-refractivity contribution in [1.29, 1.82) is 0 Å². The van der Waals surface area contributed by atoms with Crippen LogP contribution in [0.2, 0.25) is 0 Å². The summed E-state index contributed by atoms with van der Waals surface area (Å²) in [5.41, 5.74) is 2.90. The maximum atomic E-state index is 3.49. The first kappa shape index (κ1) is 8.11. The van der Waals surface area contributed by atoms with Gasteiger partial charge in [-0.3, -0.25) is 0 Å². The molecule has 1 aromatic rings. The molecule has 0 atom stereocenters. The number of rotatable bonds is 1. The highest BCUT2D eigenvalue weighted by Gasteiger charge is 2.16. The molecule has 0 fully saturated rings. The molecule has 0 saturated carbocycles. The minimum atomic E-state index is 1.11. The molecule has 2 heteroatoms. The first-order chi connectivity index (χ1) is 5.81. The maximum Gasteiger partial charge on any atom is 0.0410 e. The molecule has 64 valence electrons. The lowest BCUT2D eigenvalue weighted by Crippen LogP contribution is -2.19. The fraction of sp³-hybridized carbons (Fsp3) is 0.400. The lowest BCUT2D eigenvalue weighted by Gasteiger charge is -2.16. The molecular weight excluding hydrogens is 214 g/mol. The zero-order valence-corrected chi connectivity index (χ0v) is 8.76. The quantitative estimate of drug-likeness (QED) is 0.711. The van der Waals surface area contributed by atoms with E-state index < -0.39 is 0 Å². The topological polar surface area (TPSA) is 3.24 Å². The predicted octanol–water partition coefficient (Wildman–Crippen LogP) is 2.83. The molecule has 0 aliphatic carbocycles. The zero-order chi connectivity index (χ0) is 8.55. The van der Waals surface area contributed by atoms with E-state index in [9.17, 15) is 0 Å². The van der Waals surface area contributed by atoms with Crippen LogP contribution in [-0.4, -0.2) is 13.1 Å². The van der Waals surface area contributed by atoms with Crippen molar-refractivity contribution in [1.82, 2.24) is 0 Å². The van der Waals surface area contributed by atoms with Crippen molar-refractivity contribution in [2.45, 2.75) is 13.3 Å². The Bertz CT molecular complexity index is 296. The molecule has 0 N–H and O–H groups in total. The van der Waals surface area contributed by atoms with E-state index >= 15 is 0 Å². The van der Waals surface area contributed by atoms with Gasteiger partial charge in [0.25, 0.3) is 0 Å². The third-order valence-electron chi connectivity index (χ3n) is 2.42. The second kappa shape index (κ2) is 3.09. The van der Waals surface area contributed by atoms with Gasteiger partial charge in [-0.1, -0.05) is 22.0 Å². The smallest absolute Gasteiger partial charge is 0.0410 e. The van der Waals surface area contributed by atoms with Gasteiger partial charge < -0.3 is 4.90 Å². The van der Waals surface area contributed by atoms with Crippen molar-refractivity contribution in [3.63, 3.8) is 0 Å². The van der Waals surface area contributed by atoms with Gasteiger partial charge in [0, 0.05) is 23.2 Å². The van der Waals surface area contributed by atoms with Gasteiger partial charge >= 0.3 is 0 Å². The molecule has 0 spiro atoms. The highest BCUT2D eigenvalue weighted by molar-refractivity contribution is 9.10. The molecule has 1 aliphatic rings. The first-order valence-corrected chi connectivity index (χ1v) is 5.14.